The number of ether oxygens (including phenoxy) is 1. The molecule has 0 saturated heterocycles. The van der Waals surface area contributed by atoms with Gasteiger partial charge in [0.1, 0.15) is 5.60 Å². The van der Waals surface area contributed by atoms with Crippen LogP contribution in [0, 0.1) is 0 Å². The molecule has 1 heteroatoms. The Morgan fingerprint density at radius 1 is 0.950 bits per heavy atom. The van der Waals surface area contributed by atoms with Crippen molar-refractivity contribution in [1.29, 1.82) is 0 Å². The van der Waals surface area contributed by atoms with Gasteiger partial charge in [-0.2, -0.15) is 0 Å². The highest BCUT2D eigenvalue weighted by Crippen LogP contribution is 2.20. The summed E-state index contributed by atoms with van der Waals surface area (Å²) in [6.07, 6.45) is 2.77. The third kappa shape index (κ3) is 4.27. The topological polar surface area (TPSA) is 9.23 Å². The van der Waals surface area contributed by atoms with Crippen LogP contribution in [0.15, 0.2) is 66.9 Å². The van der Waals surface area contributed by atoms with Crippen LogP contribution in [-0.4, -0.2) is 5.60 Å². The van der Waals surface area contributed by atoms with Crippen LogP contribution in [0.25, 0.3) is 5.57 Å². The van der Waals surface area contributed by atoms with Gasteiger partial charge < -0.3 is 4.74 Å². The van der Waals surface area contributed by atoms with E-state index in [1.54, 1.807) is 0 Å². The van der Waals surface area contributed by atoms with Crippen molar-refractivity contribution in [2.24, 2.45) is 0 Å². The van der Waals surface area contributed by atoms with E-state index in [1.807, 2.05) is 30.5 Å². The van der Waals surface area contributed by atoms with Gasteiger partial charge in [0, 0.05) is 6.42 Å². The molecule has 2 aromatic rings. The molecule has 0 bridgehead atoms. The molecule has 0 aliphatic heterocycles. The van der Waals surface area contributed by atoms with E-state index in [0.717, 1.165) is 12.0 Å². The first-order valence-corrected chi connectivity index (χ1v) is 7.01. The molecule has 0 radical (unpaired) electrons. The average molecular weight is 266 g/mol. The summed E-state index contributed by atoms with van der Waals surface area (Å²) in [4.78, 5) is 0. The molecule has 0 amide bonds. The quantitative estimate of drug-likeness (QED) is 0.685. The van der Waals surface area contributed by atoms with Gasteiger partial charge >= 0.3 is 0 Å². The first kappa shape index (κ1) is 14.4. The van der Waals surface area contributed by atoms with Gasteiger partial charge in [0.15, 0.2) is 0 Å². The van der Waals surface area contributed by atoms with Crippen LogP contribution in [0.3, 0.4) is 0 Å². The minimum Gasteiger partial charge on any atom is -0.495 e. The molecule has 104 valence electrons. The zero-order valence-corrected chi connectivity index (χ0v) is 12.5. The Morgan fingerprint density at radius 2 is 1.50 bits per heavy atom. The fraction of sp³-hybridized carbons (Fsp3) is 0.263. The minimum absolute atomic E-state index is 0.211. The normalized spacial score (nSPS) is 12.2. The van der Waals surface area contributed by atoms with Crippen molar-refractivity contribution in [3.05, 3.63) is 78.1 Å². The van der Waals surface area contributed by atoms with Crippen LogP contribution >= 0.6 is 0 Å². The molecule has 1 nitrogen and oxygen atoms in total. The second-order valence-corrected chi connectivity index (χ2v) is 5.71. The third-order valence-corrected chi connectivity index (χ3v) is 3.26. The average Bonchev–Trinajstić information content (AvgIpc) is 2.46. The summed E-state index contributed by atoms with van der Waals surface area (Å²) < 4.78 is 5.99. The van der Waals surface area contributed by atoms with E-state index in [1.165, 1.54) is 11.1 Å². The number of rotatable bonds is 5. The monoisotopic (exact) mass is 266 g/mol. The van der Waals surface area contributed by atoms with Gasteiger partial charge in [-0.15, -0.1) is 0 Å². The molecule has 20 heavy (non-hydrogen) atoms. The predicted octanol–water partition coefficient (Wildman–Crippen LogP) is 5.09. The van der Waals surface area contributed by atoms with Crippen molar-refractivity contribution in [3.8, 4) is 0 Å². The standard InChI is InChI=1S/C19H22O/c1-16(18-12-8-5-9-13-18)15-20-19(2,3)14-17-10-6-4-7-11-17/h4-13,15H,14H2,1-3H3/b16-15+. The largest absolute Gasteiger partial charge is 0.495 e. The second-order valence-electron chi connectivity index (χ2n) is 5.71. The number of allylic oxidation sites excluding steroid dienone is 1. The maximum Gasteiger partial charge on any atom is 0.107 e. The Labute approximate surface area is 121 Å². The van der Waals surface area contributed by atoms with Crippen molar-refractivity contribution >= 4 is 5.57 Å². The van der Waals surface area contributed by atoms with Crippen LogP contribution in [0.2, 0.25) is 0 Å². The summed E-state index contributed by atoms with van der Waals surface area (Å²) in [5.41, 5.74) is 3.43. The zero-order valence-electron chi connectivity index (χ0n) is 12.5. The number of hydrogen-bond acceptors (Lipinski definition) is 1. The fourth-order valence-corrected chi connectivity index (χ4v) is 2.15. The van der Waals surface area contributed by atoms with Crippen LogP contribution in [0.1, 0.15) is 31.9 Å². The van der Waals surface area contributed by atoms with Crippen LogP contribution < -0.4 is 0 Å². The third-order valence-electron chi connectivity index (χ3n) is 3.26. The van der Waals surface area contributed by atoms with E-state index in [0.29, 0.717) is 0 Å². The van der Waals surface area contributed by atoms with E-state index in [4.69, 9.17) is 4.74 Å². The Kier molecular flexibility index (Phi) is 4.62. The molecule has 2 aromatic carbocycles. The molecular weight excluding hydrogens is 244 g/mol. The lowest BCUT2D eigenvalue weighted by Crippen LogP contribution is -2.25. The number of benzene rings is 2. The Hall–Kier alpha value is -2.02. The SMILES string of the molecule is C/C(=C\OC(C)(C)Cc1ccccc1)c1ccccc1. The van der Waals surface area contributed by atoms with E-state index in [9.17, 15) is 0 Å². The number of hydrogen-bond donors (Lipinski definition) is 0. The molecule has 0 atom stereocenters. The molecular formula is C19H22O. The Morgan fingerprint density at radius 3 is 2.10 bits per heavy atom. The van der Waals surface area contributed by atoms with Crippen molar-refractivity contribution in [3.63, 3.8) is 0 Å². The lowest BCUT2D eigenvalue weighted by molar-refractivity contribution is 0.0590. The molecule has 0 unspecified atom stereocenters. The molecule has 0 aliphatic carbocycles. The van der Waals surface area contributed by atoms with Gasteiger partial charge in [-0.25, -0.2) is 0 Å². The minimum atomic E-state index is -0.211. The van der Waals surface area contributed by atoms with Gasteiger partial charge in [0.05, 0.1) is 6.26 Å². The summed E-state index contributed by atoms with van der Waals surface area (Å²) in [6.45, 7) is 6.32. The summed E-state index contributed by atoms with van der Waals surface area (Å²) in [5, 5.41) is 0. The van der Waals surface area contributed by atoms with Crippen LogP contribution in [0.4, 0.5) is 0 Å². The molecule has 0 aromatic heterocycles. The summed E-state index contributed by atoms with van der Waals surface area (Å²) in [6, 6.07) is 20.8. The maximum absolute atomic E-state index is 5.99. The molecule has 2 rings (SSSR count). The first-order valence-electron chi connectivity index (χ1n) is 7.01. The van der Waals surface area contributed by atoms with Gasteiger partial charge in [0.25, 0.3) is 0 Å². The van der Waals surface area contributed by atoms with Gasteiger partial charge in [0.2, 0.25) is 0 Å². The van der Waals surface area contributed by atoms with E-state index in [-0.39, 0.29) is 5.60 Å². The van der Waals surface area contributed by atoms with E-state index < -0.39 is 0 Å². The Bertz CT molecular complexity index is 553. The highest BCUT2D eigenvalue weighted by Gasteiger charge is 2.18. The van der Waals surface area contributed by atoms with E-state index in [2.05, 4.69) is 57.2 Å². The maximum atomic E-state index is 5.99. The molecule has 0 N–H and O–H groups in total. The molecule has 0 heterocycles. The van der Waals surface area contributed by atoms with Gasteiger partial charge in [-0.1, -0.05) is 60.7 Å². The van der Waals surface area contributed by atoms with Crippen LogP contribution in [0.5, 0.6) is 0 Å². The Balaban J connectivity index is 2.01. The summed E-state index contributed by atoms with van der Waals surface area (Å²) in [7, 11) is 0. The van der Waals surface area contributed by atoms with Gasteiger partial charge in [-0.3, -0.25) is 0 Å². The highest BCUT2D eigenvalue weighted by atomic mass is 16.5. The fourth-order valence-electron chi connectivity index (χ4n) is 2.15. The molecule has 0 spiro atoms. The van der Waals surface area contributed by atoms with Crippen molar-refractivity contribution in [2.75, 3.05) is 0 Å². The molecule has 0 fully saturated rings. The first-order chi connectivity index (χ1) is 9.57. The molecule has 0 saturated carbocycles. The summed E-state index contributed by atoms with van der Waals surface area (Å²) >= 11 is 0. The molecule has 0 aliphatic rings. The second kappa shape index (κ2) is 6.42. The lowest BCUT2D eigenvalue weighted by atomic mass is 9.98. The highest BCUT2D eigenvalue weighted by molar-refractivity contribution is 5.62. The van der Waals surface area contributed by atoms with E-state index >= 15 is 0 Å². The van der Waals surface area contributed by atoms with Crippen molar-refractivity contribution < 1.29 is 4.74 Å². The predicted molar refractivity (Wildman–Crippen MR) is 85.4 cm³/mol. The van der Waals surface area contributed by atoms with Crippen molar-refractivity contribution in [1.82, 2.24) is 0 Å². The van der Waals surface area contributed by atoms with Crippen LogP contribution in [-0.2, 0) is 11.2 Å². The van der Waals surface area contributed by atoms with Gasteiger partial charge in [-0.05, 0) is 37.5 Å². The van der Waals surface area contributed by atoms with Crippen molar-refractivity contribution in [2.45, 2.75) is 32.8 Å². The lowest BCUT2D eigenvalue weighted by Gasteiger charge is -2.25. The zero-order chi connectivity index (χ0) is 14.4. The summed E-state index contributed by atoms with van der Waals surface area (Å²) in [5.74, 6) is 0. The smallest absolute Gasteiger partial charge is 0.107 e.